The fourth-order valence-corrected chi connectivity index (χ4v) is 1.32. The number of nitrogens with one attached hydrogen (secondary N) is 1. The molecule has 0 aromatic heterocycles. The van der Waals surface area contributed by atoms with E-state index in [1.165, 1.54) is 6.07 Å². The fraction of sp³-hybridized carbons (Fsp3) is 0.417. The molecule has 1 aromatic rings. The van der Waals surface area contributed by atoms with Gasteiger partial charge in [0, 0.05) is 13.2 Å². The zero-order chi connectivity index (χ0) is 13.8. The molecule has 0 aliphatic carbocycles. The average Bonchev–Trinajstić information content (AvgIpc) is 2.34. The topological polar surface area (TPSA) is 56.0 Å². The number of anilines is 1. The highest BCUT2D eigenvalue weighted by molar-refractivity contribution is 5.59. The summed E-state index contributed by atoms with van der Waals surface area (Å²) in [5.74, 6) is -0.0427. The molecule has 1 unspecified atom stereocenters. The Labute approximate surface area is 103 Å². The minimum atomic E-state index is -4.46. The van der Waals surface area contributed by atoms with Gasteiger partial charge in [-0.25, -0.2) is 0 Å². The van der Waals surface area contributed by atoms with Crippen LogP contribution in [0.25, 0.3) is 0 Å². The Morgan fingerprint density at radius 1 is 1.44 bits per heavy atom. The summed E-state index contributed by atoms with van der Waals surface area (Å²) in [4.78, 5) is 0. The molecule has 0 saturated carbocycles. The number of nitrogens with zero attached hydrogens (tertiary/aromatic N) is 1. The van der Waals surface area contributed by atoms with Crippen molar-refractivity contribution < 1.29 is 18.3 Å². The lowest BCUT2D eigenvalue weighted by molar-refractivity contribution is -0.137. The molecule has 6 heteroatoms. The number of aliphatic hydroxyl groups excluding tert-OH is 1. The smallest absolute Gasteiger partial charge is 0.396 e. The second-order valence-electron chi connectivity index (χ2n) is 4.04. The van der Waals surface area contributed by atoms with Crippen LogP contribution in [0.15, 0.2) is 18.2 Å². The number of nitriles is 1. The normalized spacial score (nSPS) is 12.9. The minimum Gasteiger partial charge on any atom is -0.396 e. The van der Waals surface area contributed by atoms with Gasteiger partial charge in [0.15, 0.2) is 0 Å². The van der Waals surface area contributed by atoms with E-state index < -0.39 is 11.7 Å². The van der Waals surface area contributed by atoms with Crippen LogP contribution in [0.5, 0.6) is 0 Å². The van der Waals surface area contributed by atoms with Crippen LogP contribution in [0, 0.1) is 17.2 Å². The standard InChI is InChI=1S/C12H13F3N2O/c1-8(7-18)6-17-11-3-2-10(12(13,14)15)4-9(11)5-16/h2-4,8,17-18H,6-7H2,1H3. The summed E-state index contributed by atoms with van der Waals surface area (Å²) < 4.78 is 37.3. The first-order valence-electron chi connectivity index (χ1n) is 5.34. The third-order valence-electron chi connectivity index (χ3n) is 2.42. The molecule has 0 aliphatic heterocycles. The van der Waals surface area contributed by atoms with Gasteiger partial charge >= 0.3 is 6.18 Å². The molecule has 0 saturated heterocycles. The maximum Gasteiger partial charge on any atom is 0.416 e. The summed E-state index contributed by atoms with van der Waals surface area (Å²) in [6.45, 7) is 2.13. The molecule has 1 rings (SSSR count). The largest absolute Gasteiger partial charge is 0.416 e. The first kappa shape index (κ1) is 14.3. The van der Waals surface area contributed by atoms with E-state index in [9.17, 15) is 13.2 Å². The van der Waals surface area contributed by atoms with Crippen LogP contribution in [0.3, 0.4) is 0 Å². The Kier molecular flexibility index (Phi) is 4.56. The van der Waals surface area contributed by atoms with Crippen LogP contribution in [0.1, 0.15) is 18.1 Å². The highest BCUT2D eigenvalue weighted by atomic mass is 19.4. The molecule has 0 aliphatic rings. The summed E-state index contributed by atoms with van der Waals surface area (Å²) in [6.07, 6.45) is -4.46. The molecule has 1 atom stereocenters. The second-order valence-corrected chi connectivity index (χ2v) is 4.04. The molecule has 0 spiro atoms. The number of hydrogen-bond donors (Lipinski definition) is 2. The first-order chi connectivity index (χ1) is 8.38. The number of benzene rings is 1. The van der Waals surface area contributed by atoms with Gasteiger partial charge in [0.25, 0.3) is 0 Å². The summed E-state index contributed by atoms with van der Waals surface area (Å²) >= 11 is 0. The van der Waals surface area contributed by atoms with Crippen LogP contribution in [-0.2, 0) is 6.18 Å². The lowest BCUT2D eigenvalue weighted by Crippen LogP contribution is -2.15. The van der Waals surface area contributed by atoms with Gasteiger partial charge in [-0.2, -0.15) is 18.4 Å². The van der Waals surface area contributed by atoms with E-state index in [1.54, 1.807) is 13.0 Å². The Balaban J connectivity index is 2.92. The van der Waals surface area contributed by atoms with Crippen LogP contribution >= 0.6 is 0 Å². The maximum absolute atomic E-state index is 12.4. The number of alkyl halides is 3. The van der Waals surface area contributed by atoms with Crippen LogP contribution in [-0.4, -0.2) is 18.3 Å². The number of hydrogen-bond acceptors (Lipinski definition) is 3. The fourth-order valence-electron chi connectivity index (χ4n) is 1.32. The molecule has 2 N–H and O–H groups in total. The Morgan fingerprint density at radius 2 is 2.11 bits per heavy atom. The van der Waals surface area contributed by atoms with Crippen molar-refractivity contribution >= 4 is 5.69 Å². The van der Waals surface area contributed by atoms with Gasteiger partial charge in [0.2, 0.25) is 0 Å². The van der Waals surface area contributed by atoms with Gasteiger partial charge in [0.05, 0.1) is 16.8 Å². The average molecular weight is 258 g/mol. The number of aliphatic hydroxyl groups is 1. The zero-order valence-corrected chi connectivity index (χ0v) is 9.75. The van der Waals surface area contributed by atoms with Crippen molar-refractivity contribution in [2.75, 3.05) is 18.5 Å². The molecular formula is C12H13F3N2O. The van der Waals surface area contributed by atoms with Crippen LogP contribution in [0.4, 0.5) is 18.9 Å². The molecule has 0 fully saturated rings. The monoisotopic (exact) mass is 258 g/mol. The quantitative estimate of drug-likeness (QED) is 0.872. The van der Waals surface area contributed by atoms with E-state index >= 15 is 0 Å². The minimum absolute atomic E-state index is 0.0322. The first-order valence-corrected chi connectivity index (χ1v) is 5.34. The highest BCUT2D eigenvalue weighted by Crippen LogP contribution is 2.31. The molecular weight excluding hydrogens is 245 g/mol. The van der Waals surface area contributed by atoms with E-state index in [0.717, 1.165) is 12.1 Å². The Morgan fingerprint density at radius 3 is 2.61 bits per heavy atom. The van der Waals surface area contributed by atoms with Crippen molar-refractivity contribution in [2.45, 2.75) is 13.1 Å². The number of halogens is 3. The van der Waals surface area contributed by atoms with Crippen LogP contribution in [0.2, 0.25) is 0 Å². The molecule has 0 amide bonds. The lowest BCUT2D eigenvalue weighted by atomic mass is 10.1. The predicted molar refractivity (Wildman–Crippen MR) is 60.9 cm³/mol. The molecule has 18 heavy (non-hydrogen) atoms. The molecule has 0 radical (unpaired) electrons. The van der Waals surface area contributed by atoms with Gasteiger partial charge in [-0.05, 0) is 24.1 Å². The van der Waals surface area contributed by atoms with Crippen LogP contribution < -0.4 is 5.32 Å². The van der Waals surface area contributed by atoms with Gasteiger partial charge in [-0.1, -0.05) is 6.92 Å². The lowest BCUT2D eigenvalue weighted by Gasteiger charge is -2.13. The van der Waals surface area contributed by atoms with E-state index in [1.807, 2.05) is 0 Å². The third kappa shape index (κ3) is 3.64. The highest BCUT2D eigenvalue weighted by Gasteiger charge is 2.31. The van der Waals surface area contributed by atoms with Crippen molar-refractivity contribution in [1.29, 1.82) is 5.26 Å². The SMILES string of the molecule is CC(CO)CNc1ccc(C(F)(F)F)cc1C#N. The Bertz CT molecular complexity index is 452. The zero-order valence-electron chi connectivity index (χ0n) is 9.75. The molecule has 98 valence electrons. The summed E-state index contributed by atoms with van der Waals surface area (Å²) in [5, 5.41) is 20.5. The van der Waals surface area contributed by atoms with Crippen molar-refractivity contribution in [3.63, 3.8) is 0 Å². The Hall–Kier alpha value is -1.74. The second kappa shape index (κ2) is 5.74. The van der Waals surface area contributed by atoms with Gasteiger partial charge < -0.3 is 10.4 Å². The molecule has 0 bridgehead atoms. The molecule has 1 aromatic carbocycles. The van der Waals surface area contributed by atoms with Gasteiger partial charge in [0.1, 0.15) is 6.07 Å². The van der Waals surface area contributed by atoms with E-state index in [4.69, 9.17) is 10.4 Å². The summed E-state index contributed by atoms with van der Waals surface area (Å²) in [5.41, 5.74) is -0.569. The van der Waals surface area contributed by atoms with Gasteiger partial charge in [-0.15, -0.1) is 0 Å². The van der Waals surface area contributed by atoms with Gasteiger partial charge in [-0.3, -0.25) is 0 Å². The maximum atomic E-state index is 12.4. The summed E-state index contributed by atoms with van der Waals surface area (Å²) in [6, 6.07) is 4.69. The van der Waals surface area contributed by atoms with E-state index in [2.05, 4.69) is 5.32 Å². The molecule has 3 nitrogen and oxygen atoms in total. The van der Waals surface area contributed by atoms with E-state index in [-0.39, 0.29) is 18.1 Å². The van der Waals surface area contributed by atoms with E-state index in [0.29, 0.717) is 12.2 Å². The summed E-state index contributed by atoms with van der Waals surface area (Å²) in [7, 11) is 0. The van der Waals surface area contributed by atoms with Crippen molar-refractivity contribution in [3.05, 3.63) is 29.3 Å². The molecule has 0 heterocycles. The number of rotatable bonds is 4. The van der Waals surface area contributed by atoms with Crippen molar-refractivity contribution in [3.8, 4) is 6.07 Å². The van der Waals surface area contributed by atoms with Crippen molar-refractivity contribution in [2.24, 2.45) is 5.92 Å². The van der Waals surface area contributed by atoms with Crippen molar-refractivity contribution in [1.82, 2.24) is 0 Å². The third-order valence-corrected chi connectivity index (χ3v) is 2.42. The predicted octanol–water partition coefficient (Wildman–Crippen LogP) is 2.62.